The van der Waals surface area contributed by atoms with Gasteiger partial charge in [-0.05, 0) is 38.5 Å². The Balaban J connectivity index is 1.90. The van der Waals surface area contributed by atoms with Crippen molar-refractivity contribution < 1.29 is 4.74 Å². The molecular formula is C12H22N2O. The van der Waals surface area contributed by atoms with Crippen LogP contribution in [0.4, 0.5) is 0 Å². The van der Waals surface area contributed by atoms with Gasteiger partial charge < -0.3 is 9.64 Å². The zero-order valence-electron chi connectivity index (χ0n) is 9.83. The number of hydrogen-bond acceptors (Lipinski definition) is 2. The molecule has 0 amide bonds. The largest absolute Gasteiger partial charge is 0.383 e. The number of nitrogens with one attached hydrogen (secondary N) is 1. The first-order chi connectivity index (χ1) is 7.24. The van der Waals surface area contributed by atoms with Crippen LogP contribution < -0.4 is 0 Å². The van der Waals surface area contributed by atoms with E-state index < -0.39 is 0 Å². The van der Waals surface area contributed by atoms with E-state index in [0.717, 1.165) is 24.9 Å². The lowest BCUT2D eigenvalue weighted by molar-refractivity contribution is 0.157. The van der Waals surface area contributed by atoms with E-state index in [1.165, 1.54) is 25.7 Å². The minimum Gasteiger partial charge on any atom is -0.383 e. The van der Waals surface area contributed by atoms with Crippen LogP contribution in [0.25, 0.3) is 0 Å². The van der Waals surface area contributed by atoms with E-state index >= 15 is 0 Å². The summed E-state index contributed by atoms with van der Waals surface area (Å²) >= 11 is 0. The summed E-state index contributed by atoms with van der Waals surface area (Å²) in [5, 5.41) is 8.16. The highest BCUT2D eigenvalue weighted by atomic mass is 16.5. The molecule has 0 heterocycles. The Morgan fingerprint density at radius 3 is 2.53 bits per heavy atom. The van der Waals surface area contributed by atoms with Crippen molar-refractivity contribution in [2.75, 3.05) is 20.3 Å². The molecule has 3 nitrogen and oxygen atoms in total. The SMILES string of the molecule is COCCN(C(=N)C1CC1)C(C)C1CC1. The lowest BCUT2D eigenvalue weighted by Crippen LogP contribution is -2.42. The molecule has 15 heavy (non-hydrogen) atoms. The average molecular weight is 210 g/mol. The summed E-state index contributed by atoms with van der Waals surface area (Å²) in [5.74, 6) is 2.26. The zero-order chi connectivity index (χ0) is 10.8. The van der Waals surface area contributed by atoms with E-state index in [-0.39, 0.29) is 0 Å². The van der Waals surface area contributed by atoms with E-state index in [4.69, 9.17) is 10.1 Å². The van der Waals surface area contributed by atoms with Gasteiger partial charge in [0, 0.05) is 25.6 Å². The first-order valence-electron chi connectivity index (χ1n) is 6.08. The Morgan fingerprint density at radius 1 is 1.40 bits per heavy atom. The topological polar surface area (TPSA) is 36.3 Å². The van der Waals surface area contributed by atoms with Gasteiger partial charge in [-0.3, -0.25) is 5.41 Å². The predicted molar refractivity (Wildman–Crippen MR) is 61.2 cm³/mol. The Morgan fingerprint density at radius 2 is 2.07 bits per heavy atom. The second-order valence-electron chi connectivity index (χ2n) is 4.92. The molecule has 2 rings (SSSR count). The average Bonchev–Trinajstić information content (AvgIpc) is 3.05. The summed E-state index contributed by atoms with van der Waals surface area (Å²) in [6.45, 7) is 3.90. The van der Waals surface area contributed by atoms with Gasteiger partial charge in [-0.25, -0.2) is 0 Å². The fraction of sp³-hybridized carbons (Fsp3) is 0.917. The summed E-state index contributed by atoms with van der Waals surface area (Å²) < 4.78 is 5.13. The summed E-state index contributed by atoms with van der Waals surface area (Å²) in [6, 6.07) is 0.549. The maximum absolute atomic E-state index is 8.16. The minimum atomic E-state index is 0.549. The number of ether oxygens (including phenoxy) is 1. The lowest BCUT2D eigenvalue weighted by atomic mass is 10.1. The van der Waals surface area contributed by atoms with Crippen molar-refractivity contribution in [2.45, 2.75) is 38.6 Å². The maximum atomic E-state index is 8.16. The van der Waals surface area contributed by atoms with Crippen molar-refractivity contribution in [3.63, 3.8) is 0 Å². The fourth-order valence-electron chi connectivity index (χ4n) is 2.16. The van der Waals surface area contributed by atoms with Crippen LogP contribution in [0.3, 0.4) is 0 Å². The van der Waals surface area contributed by atoms with Crippen molar-refractivity contribution in [2.24, 2.45) is 11.8 Å². The second-order valence-corrected chi connectivity index (χ2v) is 4.92. The number of amidine groups is 1. The molecule has 1 N–H and O–H groups in total. The second kappa shape index (κ2) is 4.52. The van der Waals surface area contributed by atoms with Gasteiger partial charge in [-0.1, -0.05) is 0 Å². The third kappa shape index (κ3) is 2.71. The summed E-state index contributed by atoms with van der Waals surface area (Å²) in [4.78, 5) is 2.28. The van der Waals surface area contributed by atoms with Gasteiger partial charge in [0.05, 0.1) is 12.4 Å². The molecule has 0 aromatic carbocycles. The van der Waals surface area contributed by atoms with Crippen molar-refractivity contribution in [1.82, 2.24) is 4.90 Å². The molecule has 0 saturated heterocycles. The number of methoxy groups -OCH3 is 1. The van der Waals surface area contributed by atoms with Crippen LogP contribution >= 0.6 is 0 Å². The molecule has 0 aromatic heterocycles. The molecule has 3 heteroatoms. The maximum Gasteiger partial charge on any atom is 0.0992 e. The molecule has 2 aliphatic carbocycles. The normalized spacial score (nSPS) is 22.5. The van der Waals surface area contributed by atoms with E-state index in [0.29, 0.717) is 12.0 Å². The summed E-state index contributed by atoms with van der Waals surface area (Å²) in [5.41, 5.74) is 0. The summed E-state index contributed by atoms with van der Waals surface area (Å²) in [6.07, 6.45) is 5.14. The van der Waals surface area contributed by atoms with Crippen LogP contribution in [0.1, 0.15) is 32.6 Å². The molecule has 0 bridgehead atoms. The Bertz CT molecular complexity index is 234. The van der Waals surface area contributed by atoms with Crippen molar-refractivity contribution in [3.8, 4) is 0 Å². The van der Waals surface area contributed by atoms with Crippen LogP contribution in [0.5, 0.6) is 0 Å². The van der Waals surface area contributed by atoms with Crippen molar-refractivity contribution in [1.29, 1.82) is 5.41 Å². The summed E-state index contributed by atoms with van der Waals surface area (Å²) in [7, 11) is 1.74. The molecule has 2 saturated carbocycles. The van der Waals surface area contributed by atoms with Crippen LogP contribution in [0, 0.1) is 17.2 Å². The van der Waals surface area contributed by atoms with E-state index in [1.54, 1.807) is 7.11 Å². The Kier molecular flexibility index (Phi) is 3.29. The Hall–Kier alpha value is -0.570. The fourth-order valence-corrected chi connectivity index (χ4v) is 2.16. The third-order valence-corrected chi connectivity index (χ3v) is 3.61. The molecule has 1 atom stereocenters. The molecule has 0 spiro atoms. The van der Waals surface area contributed by atoms with E-state index in [1.807, 2.05) is 0 Å². The first kappa shape index (κ1) is 10.9. The first-order valence-corrected chi connectivity index (χ1v) is 6.08. The minimum absolute atomic E-state index is 0.549. The van der Waals surface area contributed by atoms with Gasteiger partial charge >= 0.3 is 0 Å². The molecule has 1 unspecified atom stereocenters. The highest BCUT2D eigenvalue weighted by molar-refractivity contribution is 5.84. The van der Waals surface area contributed by atoms with E-state index in [9.17, 15) is 0 Å². The van der Waals surface area contributed by atoms with Crippen molar-refractivity contribution >= 4 is 5.84 Å². The predicted octanol–water partition coefficient (Wildman–Crippen LogP) is 2.12. The van der Waals surface area contributed by atoms with Crippen LogP contribution in [-0.4, -0.2) is 37.0 Å². The van der Waals surface area contributed by atoms with Gasteiger partial charge in [0.15, 0.2) is 0 Å². The van der Waals surface area contributed by atoms with Gasteiger partial charge in [0.25, 0.3) is 0 Å². The molecule has 2 fully saturated rings. The third-order valence-electron chi connectivity index (χ3n) is 3.61. The van der Waals surface area contributed by atoms with Crippen LogP contribution in [0.2, 0.25) is 0 Å². The monoisotopic (exact) mass is 210 g/mol. The highest BCUT2D eigenvalue weighted by Gasteiger charge is 2.37. The number of rotatable bonds is 6. The number of nitrogens with zero attached hydrogens (tertiary/aromatic N) is 1. The van der Waals surface area contributed by atoms with Crippen molar-refractivity contribution in [3.05, 3.63) is 0 Å². The molecule has 2 aliphatic rings. The van der Waals surface area contributed by atoms with Crippen LogP contribution in [-0.2, 0) is 4.74 Å². The lowest BCUT2D eigenvalue weighted by Gasteiger charge is -2.31. The van der Waals surface area contributed by atoms with Crippen LogP contribution in [0.15, 0.2) is 0 Å². The molecule has 0 radical (unpaired) electrons. The zero-order valence-corrected chi connectivity index (χ0v) is 9.83. The van der Waals surface area contributed by atoms with Gasteiger partial charge in [-0.15, -0.1) is 0 Å². The van der Waals surface area contributed by atoms with E-state index in [2.05, 4.69) is 11.8 Å². The molecule has 0 aromatic rings. The Labute approximate surface area is 92.3 Å². The van der Waals surface area contributed by atoms with Gasteiger partial charge in [-0.2, -0.15) is 0 Å². The molecule has 0 aliphatic heterocycles. The van der Waals surface area contributed by atoms with Gasteiger partial charge in [0.1, 0.15) is 0 Å². The molecular weight excluding hydrogens is 188 g/mol. The molecule has 86 valence electrons. The number of hydrogen-bond donors (Lipinski definition) is 1. The van der Waals surface area contributed by atoms with Gasteiger partial charge in [0.2, 0.25) is 0 Å². The smallest absolute Gasteiger partial charge is 0.0992 e. The standard InChI is InChI=1S/C12H22N2O/c1-9(10-3-4-10)14(7-8-15-2)12(13)11-5-6-11/h9-11,13H,3-8H2,1-2H3. The highest BCUT2D eigenvalue weighted by Crippen LogP contribution is 2.38. The quantitative estimate of drug-likeness (QED) is 0.538.